The highest BCUT2D eigenvalue weighted by molar-refractivity contribution is 5.31. The second kappa shape index (κ2) is 4.65. The first-order valence-corrected chi connectivity index (χ1v) is 6.88. The number of hydrogen-bond acceptors (Lipinski definition) is 1. The Morgan fingerprint density at radius 1 is 1.17 bits per heavy atom. The number of hydrogen-bond donors (Lipinski definition) is 1. The van der Waals surface area contributed by atoms with Crippen molar-refractivity contribution in [3.63, 3.8) is 0 Å². The minimum atomic E-state index is -1.45. The Bertz CT molecular complexity index is 400. The Morgan fingerprint density at radius 3 is 2.06 bits per heavy atom. The summed E-state index contributed by atoms with van der Waals surface area (Å²) in [6, 6.07) is 8.00. The Morgan fingerprint density at radius 2 is 1.72 bits per heavy atom. The zero-order valence-corrected chi connectivity index (χ0v) is 11.7. The third-order valence-corrected chi connectivity index (χ3v) is 4.41. The van der Waals surface area contributed by atoms with E-state index in [4.69, 9.17) is 5.73 Å². The molecule has 0 amide bonds. The summed E-state index contributed by atoms with van der Waals surface area (Å²) in [5.74, 6) is 0.695. The number of benzene rings is 1. The minimum absolute atomic E-state index is 0.0271. The molecule has 0 aliphatic heterocycles. The molecule has 0 saturated heterocycles. The normalized spacial score (nSPS) is 20.3. The third kappa shape index (κ3) is 2.18. The summed E-state index contributed by atoms with van der Waals surface area (Å²) >= 11 is 0. The summed E-state index contributed by atoms with van der Waals surface area (Å²) in [6.45, 7) is 5.73. The highest BCUT2D eigenvalue weighted by atomic mass is 19.1. The van der Waals surface area contributed by atoms with Gasteiger partial charge in [0.25, 0.3) is 0 Å². The summed E-state index contributed by atoms with van der Waals surface area (Å²) < 4.78 is 15.1. The summed E-state index contributed by atoms with van der Waals surface area (Å²) in [4.78, 5) is 0. The average molecular weight is 249 g/mol. The molecule has 100 valence electrons. The van der Waals surface area contributed by atoms with Gasteiger partial charge in [0.2, 0.25) is 0 Å². The molecule has 1 unspecified atom stereocenters. The van der Waals surface area contributed by atoms with Crippen LogP contribution < -0.4 is 5.73 Å². The van der Waals surface area contributed by atoms with Crippen LogP contribution in [0.5, 0.6) is 0 Å². The van der Waals surface area contributed by atoms with Crippen LogP contribution in [-0.4, -0.2) is 6.54 Å². The molecule has 1 atom stereocenters. The number of alkyl halides is 1. The Hall–Kier alpha value is -0.890. The van der Waals surface area contributed by atoms with Crippen molar-refractivity contribution >= 4 is 0 Å². The van der Waals surface area contributed by atoms with Crippen LogP contribution in [0.25, 0.3) is 0 Å². The lowest BCUT2D eigenvalue weighted by Crippen LogP contribution is -2.42. The van der Waals surface area contributed by atoms with Gasteiger partial charge in [-0.25, -0.2) is 4.39 Å². The van der Waals surface area contributed by atoms with E-state index in [-0.39, 0.29) is 6.54 Å². The van der Waals surface area contributed by atoms with Gasteiger partial charge in [-0.2, -0.15) is 0 Å². The topological polar surface area (TPSA) is 26.0 Å². The van der Waals surface area contributed by atoms with Gasteiger partial charge in [-0.3, -0.25) is 0 Å². The fourth-order valence-corrected chi connectivity index (χ4v) is 2.62. The third-order valence-electron chi connectivity index (χ3n) is 4.41. The molecule has 0 aromatic heterocycles. The van der Waals surface area contributed by atoms with Gasteiger partial charge in [0.15, 0.2) is 5.67 Å². The van der Waals surface area contributed by atoms with E-state index in [9.17, 15) is 0 Å². The van der Waals surface area contributed by atoms with Crippen LogP contribution in [0.15, 0.2) is 24.3 Å². The van der Waals surface area contributed by atoms with E-state index >= 15 is 4.39 Å². The van der Waals surface area contributed by atoms with Crippen molar-refractivity contribution in [3.8, 4) is 0 Å². The van der Waals surface area contributed by atoms with Crippen LogP contribution >= 0.6 is 0 Å². The summed E-state index contributed by atoms with van der Waals surface area (Å²) in [5, 5.41) is 0. The Kier molecular flexibility index (Phi) is 3.50. The molecule has 0 spiro atoms. The second-order valence-electron chi connectivity index (χ2n) is 6.51. The highest BCUT2D eigenvalue weighted by Gasteiger charge is 2.42. The lowest BCUT2D eigenvalue weighted by molar-refractivity contribution is 0.0343. The van der Waals surface area contributed by atoms with Crippen molar-refractivity contribution in [1.29, 1.82) is 0 Å². The molecule has 0 heterocycles. The van der Waals surface area contributed by atoms with Crippen molar-refractivity contribution in [1.82, 2.24) is 0 Å². The van der Waals surface area contributed by atoms with E-state index in [0.29, 0.717) is 11.5 Å². The van der Waals surface area contributed by atoms with E-state index in [0.717, 1.165) is 0 Å². The molecule has 0 radical (unpaired) electrons. The van der Waals surface area contributed by atoms with Crippen LogP contribution in [0.2, 0.25) is 0 Å². The zero-order valence-electron chi connectivity index (χ0n) is 11.7. The number of nitrogens with two attached hydrogens (primary N) is 1. The molecule has 2 N–H and O–H groups in total. The zero-order chi connectivity index (χ0) is 13.4. The maximum Gasteiger partial charge on any atom is 0.152 e. The van der Waals surface area contributed by atoms with Gasteiger partial charge >= 0.3 is 0 Å². The van der Waals surface area contributed by atoms with E-state index in [1.807, 2.05) is 32.9 Å². The smallest absolute Gasteiger partial charge is 0.152 e. The van der Waals surface area contributed by atoms with E-state index in [1.54, 1.807) is 0 Å². The van der Waals surface area contributed by atoms with Gasteiger partial charge < -0.3 is 5.73 Å². The molecule has 1 aromatic carbocycles. The van der Waals surface area contributed by atoms with E-state index in [2.05, 4.69) is 12.1 Å². The molecule has 2 rings (SSSR count). The van der Waals surface area contributed by atoms with Gasteiger partial charge in [-0.05, 0) is 29.9 Å². The molecular formula is C16H24FN. The molecule has 1 aliphatic carbocycles. The predicted molar refractivity (Wildman–Crippen MR) is 74.3 cm³/mol. The molecule has 1 nitrogen and oxygen atoms in total. The average Bonchev–Trinajstić information content (AvgIpc) is 2.25. The van der Waals surface area contributed by atoms with E-state index < -0.39 is 11.1 Å². The maximum absolute atomic E-state index is 15.1. The predicted octanol–water partition coefficient (Wildman–Crippen LogP) is 4.12. The number of halogens is 1. The van der Waals surface area contributed by atoms with Gasteiger partial charge in [0, 0.05) is 12.0 Å². The fraction of sp³-hybridized carbons (Fsp3) is 0.625. The minimum Gasteiger partial charge on any atom is -0.327 e. The quantitative estimate of drug-likeness (QED) is 0.856. The Labute approximate surface area is 110 Å². The largest absolute Gasteiger partial charge is 0.327 e. The van der Waals surface area contributed by atoms with E-state index in [1.165, 1.54) is 24.8 Å². The van der Waals surface area contributed by atoms with Crippen molar-refractivity contribution in [2.45, 2.75) is 51.6 Å². The fourth-order valence-electron chi connectivity index (χ4n) is 2.62. The van der Waals surface area contributed by atoms with Gasteiger partial charge in [0.05, 0.1) is 0 Å². The van der Waals surface area contributed by atoms with Crippen molar-refractivity contribution < 1.29 is 4.39 Å². The van der Waals surface area contributed by atoms with Gasteiger partial charge in [-0.1, -0.05) is 51.5 Å². The lowest BCUT2D eigenvalue weighted by Gasteiger charge is -2.37. The Balaban J connectivity index is 2.27. The molecule has 1 aliphatic rings. The van der Waals surface area contributed by atoms with Gasteiger partial charge in [0.1, 0.15) is 0 Å². The molecule has 18 heavy (non-hydrogen) atoms. The molecule has 1 saturated carbocycles. The summed E-state index contributed by atoms with van der Waals surface area (Å²) in [5.41, 5.74) is 5.80. The van der Waals surface area contributed by atoms with Crippen LogP contribution in [0, 0.1) is 5.41 Å². The lowest BCUT2D eigenvalue weighted by atomic mass is 9.73. The van der Waals surface area contributed by atoms with Crippen molar-refractivity contribution in [2.75, 3.05) is 6.54 Å². The standard InChI is InChI=1S/C16H24FN/c1-15(2,3)16(17,11-18)14-9-7-13(8-10-14)12-5-4-6-12/h7-10,12H,4-6,11,18H2,1-3H3. The number of rotatable bonds is 3. The first kappa shape index (κ1) is 13.5. The first-order chi connectivity index (χ1) is 8.38. The first-order valence-electron chi connectivity index (χ1n) is 6.88. The maximum atomic E-state index is 15.1. The van der Waals surface area contributed by atoms with Crippen LogP contribution in [0.3, 0.4) is 0 Å². The second-order valence-corrected chi connectivity index (χ2v) is 6.51. The van der Waals surface area contributed by atoms with Gasteiger partial charge in [-0.15, -0.1) is 0 Å². The van der Waals surface area contributed by atoms with Crippen molar-refractivity contribution in [3.05, 3.63) is 35.4 Å². The van der Waals surface area contributed by atoms with Crippen LogP contribution in [-0.2, 0) is 5.67 Å². The molecule has 0 bridgehead atoms. The molecule has 1 fully saturated rings. The van der Waals surface area contributed by atoms with Crippen LogP contribution in [0.1, 0.15) is 57.1 Å². The SMILES string of the molecule is CC(C)(C)C(F)(CN)c1ccc(C2CCC2)cc1. The van der Waals surface area contributed by atoms with Crippen LogP contribution in [0.4, 0.5) is 4.39 Å². The molecule has 2 heteroatoms. The monoisotopic (exact) mass is 249 g/mol. The molecular weight excluding hydrogens is 225 g/mol. The molecule has 1 aromatic rings. The summed E-state index contributed by atoms with van der Waals surface area (Å²) in [7, 11) is 0. The van der Waals surface area contributed by atoms with Crippen molar-refractivity contribution in [2.24, 2.45) is 11.1 Å². The highest BCUT2D eigenvalue weighted by Crippen LogP contribution is 2.43. The summed E-state index contributed by atoms with van der Waals surface area (Å²) in [6.07, 6.45) is 3.87.